The van der Waals surface area contributed by atoms with E-state index in [1.807, 2.05) is 67.5 Å². The van der Waals surface area contributed by atoms with Crippen molar-refractivity contribution in [3.63, 3.8) is 0 Å². The molecule has 5 rings (SSSR count). The van der Waals surface area contributed by atoms with Crippen molar-refractivity contribution < 1.29 is 0 Å². The van der Waals surface area contributed by atoms with Crippen LogP contribution in [0.5, 0.6) is 0 Å². The number of benzene rings is 1. The van der Waals surface area contributed by atoms with Gasteiger partial charge in [0.05, 0.1) is 23.6 Å². The first-order valence-electron chi connectivity index (χ1n) is 11.6. The van der Waals surface area contributed by atoms with E-state index in [2.05, 4.69) is 21.6 Å². The van der Waals surface area contributed by atoms with Crippen LogP contribution in [0.15, 0.2) is 49.1 Å². The molecule has 4 aromatic rings. The molecule has 0 spiro atoms. The molecule has 0 saturated heterocycles. The van der Waals surface area contributed by atoms with Gasteiger partial charge in [0.25, 0.3) is 0 Å². The van der Waals surface area contributed by atoms with Gasteiger partial charge >= 0.3 is 0 Å². The van der Waals surface area contributed by atoms with Gasteiger partial charge in [-0.3, -0.25) is 4.68 Å². The number of nitrogens with two attached hydrogens (primary N) is 2. The lowest BCUT2D eigenvalue weighted by atomic mass is 9.91. The second-order valence-electron chi connectivity index (χ2n) is 9.28. The summed E-state index contributed by atoms with van der Waals surface area (Å²) in [6.45, 7) is 2.02. The first-order valence-corrected chi connectivity index (χ1v) is 12.0. The largest absolute Gasteiger partial charge is 0.398 e. The minimum Gasteiger partial charge on any atom is -0.398 e. The molecule has 1 aliphatic carbocycles. The quantitative estimate of drug-likeness (QED) is 0.383. The summed E-state index contributed by atoms with van der Waals surface area (Å²) >= 11 is 6.48. The van der Waals surface area contributed by atoms with Gasteiger partial charge in [-0.2, -0.15) is 10.2 Å². The maximum atomic E-state index is 6.65. The zero-order valence-corrected chi connectivity index (χ0v) is 20.3. The zero-order chi connectivity index (χ0) is 23.8. The van der Waals surface area contributed by atoms with Crippen LogP contribution >= 0.6 is 11.6 Å². The molecule has 34 heavy (non-hydrogen) atoms. The van der Waals surface area contributed by atoms with Crippen molar-refractivity contribution in [1.82, 2.24) is 19.4 Å². The second kappa shape index (κ2) is 9.16. The molecule has 176 valence electrons. The number of aromatic nitrogens is 4. The molecule has 1 aliphatic rings. The Balaban J connectivity index is 1.60. The molecule has 0 radical (unpaired) electrons. The Morgan fingerprint density at radius 3 is 2.59 bits per heavy atom. The van der Waals surface area contributed by atoms with Crippen molar-refractivity contribution in [2.24, 2.45) is 18.5 Å². The van der Waals surface area contributed by atoms with Crippen LogP contribution in [0, 0.1) is 6.92 Å². The molecule has 8 heteroatoms. The van der Waals surface area contributed by atoms with E-state index < -0.39 is 0 Å². The third kappa shape index (κ3) is 4.54. The minimum absolute atomic E-state index is 0.286. The average Bonchev–Trinajstić information content (AvgIpc) is 3.43. The lowest BCUT2D eigenvalue weighted by Gasteiger charge is -2.28. The Hall–Kier alpha value is -3.29. The van der Waals surface area contributed by atoms with E-state index in [9.17, 15) is 0 Å². The summed E-state index contributed by atoms with van der Waals surface area (Å²) < 4.78 is 3.70. The van der Waals surface area contributed by atoms with Crippen LogP contribution in [-0.4, -0.2) is 31.5 Å². The Kier molecular flexibility index (Phi) is 6.06. The van der Waals surface area contributed by atoms with Crippen molar-refractivity contribution >= 4 is 34.6 Å². The number of fused-ring (bicyclic) bond motifs is 1. The van der Waals surface area contributed by atoms with E-state index in [-0.39, 0.29) is 6.04 Å². The van der Waals surface area contributed by atoms with Gasteiger partial charge in [0, 0.05) is 58.9 Å². The molecule has 0 aliphatic heterocycles. The van der Waals surface area contributed by atoms with Gasteiger partial charge in [-0.1, -0.05) is 23.7 Å². The molecule has 0 bridgehead atoms. The van der Waals surface area contributed by atoms with Gasteiger partial charge in [-0.25, -0.2) is 4.52 Å². The first-order chi connectivity index (χ1) is 16.4. The summed E-state index contributed by atoms with van der Waals surface area (Å²) in [6.07, 6.45) is 13.7. The summed E-state index contributed by atoms with van der Waals surface area (Å²) in [6, 6.07) is 8.72. The van der Waals surface area contributed by atoms with Crippen LogP contribution in [0.2, 0.25) is 5.02 Å². The molecule has 3 heterocycles. The maximum Gasteiger partial charge on any atom is 0.0891 e. The zero-order valence-electron chi connectivity index (χ0n) is 19.5. The lowest BCUT2D eigenvalue weighted by Crippen LogP contribution is -2.33. The molecule has 0 amide bonds. The molecular formula is C26H30ClN7. The molecule has 5 N–H and O–H groups in total. The van der Waals surface area contributed by atoms with Gasteiger partial charge in [0.1, 0.15) is 0 Å². The lowest BCUT2D eigenvalue weighted by molar-refractivity contribution is 0.411. The molecule has 0 unspecified atom stereocenters. The fourth-order valence-electron chi connectivity index (χ4n) is 4.62. The monoisotopic (exact) mass is 475 g/mol. The second-order valence-corrected chi connectivity index (χ2v) is 9.68. The Morgan fingerprint density at radius 2 is 1.88 bits per heavy atom. The van der Waals surface area contributed by atoms with Crippen LogP contribution in [-0.2, 0) is 7.05 Å². The van der Waals surface area contributed by atoms with E-state index in [1.54, 1.807) is 4.68 Å². The van der Waals surface area contributed by atoms with Crippen LogP contribution in [0.1, 0.15) is 42.4 Å². The van der Waals surface area contributed by atoms with E-state index >= 15 is 0 Å². The Bertz CT molecular complexity index is 1360. The van der Waals surface area contributed by atoms with Crippen molar-refractivity contribution in [1.29, 1.82) is 0 Å². The average molecular weight is 476 g/mol. The summed E-state index contributed by atoms with van der Waals surface area (Å²) in [5.74, 6) is 0. The standard InChI is InChI=1S/C26H30ClN7/c1-16-3-4-17(23(27)9-16)10-24(29)22-13-31-34-15-18(19-12-30-33(2)14-19)11-25(34)26(22)32-21-7-5-20(28)6-8-21/h3-4,9-15,20-21,32H,5-8,28-29H2,1-2H3/b24-10-. The van der Waals surface area contributed by atoms with Gasteiger partial charge in [-0.15, -0.1) is 0 Å². The fraction of sp³-hybridized carbons (Fsp3) is 0.308. The third-order valence-corrected chi connectivity index (χ3v) is 6.90. The van der Waals surface area contributed by atoms with E-state index in [4.69, 9.17) is 23.1 Å². The summed E-state index contributed by atoms with van der Waals surface area (Å²) in [5.41, 5.74) is 20.3. The van der Waals surface area contributed by atoms with Crippen LogP contribution in [0.3, 0.4) is 0 Å². The van der Waals surface area contributed by atoms with Crippen molar-refractivity contribution in [3.8, 4) is 11.1 Å². The molecule has 1 aromatic carbocycles. The summed E-state index contributed by atoms with van der Waals surface area (Å²) in [4.78, 5) is 0. The number of nitrogens with zero attached hydrogens (tertiary/aromatic N) is 4. The highest BCUT2D eigenvalue weighted by Crippen LogP contribution is 2.33. The maximum absolute atomic E-state index is 6.65. The minimum atomic E-state index is 0.286. The molecule has 7 nitrogen and oxygen atoms in total. The third-order valence-electron chi connectivity index (χ3n) is 6.57. The van der Waals surface area contributed by atoms with Crippen molar-refractivity contribution in [2.75, 3.05) is 5.32 Å². The molecule has 1 fully saturated rings. The summed E-state index contributed by atoms with van der Waals surface area (Å²) in [5, 5.41) is 13.4. The molecule has 1 saturated carbocycles. The number of halogens is 1. The van der Waals surface area contributed by atoms with Gasteiger partial charge in [-0.05, 0) is 61.9 Å². The highest BCUT2D eigenvalue weighted by molar-refractivity contribution is 6.32. The van der Waals surface area contributed by atoms with Crippen LogP contribution in [0.25, 0.3) is 28.4 Å². The predicted molar refractivity (Wildman–Crippen MR) is 139 cm³/mol. The fourth-order valence-corrected chi connectivity index (χ4v) is 4.91. The van der Waals surface area contributed by atoms with E-state index in [1.165, 1.54) is 0 Å². The van der Waals surface area contributed by atoms with Gasteiger partial charge in [0.2, 0.25) is 0 Å². The van der Waals surface area contributed by atoms with Crippen LogP contribution < -0.4 is 16.8 Å². The topological polar surface area (TPSA) is 99.2 Å². The number of rotatable bonds is 5. The Morgan fingerprint density at radius 1 is 1.09 bits per heavy atom. The Labute approximate surface area is 204 Å². The predicted octanol–water partition coefficient (Wildman–Crippen LogP) is 4.84. The highest BCUT2D eigenvalue weighted by Gasteiger charge is 2.22. The number of hydrogen-bond acceptors (Lipinski definition) is 5. The van der Waals surface area contributed by atoms with Gasteiger partial charge in [0.15, 0.2) is 0 Å². The smallest absolute Gasteiger partial charge is 0.0891 e. The normalized spacial score (nSPS) is 19.0. The van der Waals surface area contributed by atoms with Crippen LogP contribution in [0.4, 0.5) is 5.69 Å². The SMILES string of the molecule is Cc1ccc(/C=C(\N)c2cnn3cc(-c4cnn(C)c4)cc3c2NC2CCC(N)CC2)c(Cl)c1. The highest BCUT2D eigenvalue weighted by atomic mass is 35.5. The summed E-state index contributed by atoms with van der Waals surface area (Å²) in [7, 11) is 1.91. The molecule has 3 aromatic heterocycles. The van der Waals surface area contributed by atoms with Gasteiger partial charge < -0.3 is 16.8 Å². The number of hydrogen-bond donors (Lipinski definition) is 3. The van der Waals surface area contributed by atoms with E-state index in [0.29, 0.717) is 16.8 Å². The first kappa shape index (κ1) is 22.5. The molecule has 0 atom stereocenters. The number of aryl methyl sites for hydroxylation is 2. The number of nitrogens with one attached hydrogen (secondary N) is 1. The number of anilines is 1. The molecular weight excluding hydrogens is 446 g/mol. The van der Waals surface area contributed by atoms with Crippen molar-refractivity contribution in [2.45, 2.75) is 44.7 Å². The van der Waals surface area contributed by atoms with E-state index in [0.717, 1.165) is 64.7 Å². The van der Waals surface area contributed by atoms with Crippen molar-refractivity contribution in [3.05, 3.63) is 70.8 Å².